The second kappa shape index (κ2) is 9.73. The number of aromatic nitrogens is 5. The Bertz CT molecular complexity index is 1920. The Morgan fingerprint density at radius 2 is 1.98 bits per heavy atom. The summed E-state index contributed by atoms with van der Waals surface area (Å²) >= 11 is 0. The highest BCUT2D eigenvalue weighted by Crippen LogP contribution is 2.34. The minimum absolute atomic E-state index is 0.0378. The molecule has 5 aromatic rings. The summed E-state index contributed by atoms with van der Waals surface area (Å²) in [5.41, 5.74) is 2.65. The third kappa shape index (κ3) is 4.32. The zero-order valence-electron chi connectivity index (χ0n) is 21.1. The molecule has 40 heavy (non-hydrogen) atoms. The monoisotopic (exact) mass is 561 g/mol. The number of benzene rings is 1. The third-order valence-corrected chi connectivity index (χ3v) is 8.12. The molecule has 10 nitrogen and oxygen atoms in total. The summed E-state index contributed by atoms with van der Waals surface area (Å²) in [5, 5.41) is 9.14. The molecule has 0 unspecified atom stereocenters. The number of ether oxygens (including phenoxy) is 1. The lowest BCUT2D eigenvalue weighted by Crippen LogP contribution is -2.16. The number of nitrogens with zero attached hydrogens (tertiary/aromatic N) is 5. The van der Waals surface area contributed by atoms with Gasteiger partial charge in [0, 0.05) is 23.7 Å². The molecular weight excluding hydrogens is 540 g/mol. The van der Waals surface area contributed by atoms with Gasteiger partial charge in [0.25, 0.3) is 10.0 Å². The Hall–Kier alpha value is -4.83. The van der Waals surface area contributed by atoms with Crippen LogP contribution >= 0.6 is 0 Å². The second-order valence-electron chi connectivity index (χ2n) is 9.25. The predicted molar refractivity (Wildman–Crippen MR) is 141 cm³/mol. The standard InChI is InChI=1S/C27H21F2N7O3S/c1-39-27-22(10-15(11-30)12-31-27)40(37,38)35-20-8-7-17(28)23(24(20)29)16-6-9-21-25(32-14-36(21)13-16)26-33-18-4-2-3-5-19(18)34-26/h6-10,12-14,35H,2-5H2,1H3,(H,33,34). The van der Waals surface area contributed by atoms with Gasteiger partial charge in [0.2, 0.25) is 5.88 Å². The van der Waals surface area contributed by atoms with Crippen molar-refractivity contribution in [2.75, 3.05) is 11.8 Å². The van der Waals surface area contributed by atoms with Gasteiger partial charge in [-0.2, -0.15) is 5.26 Å². The van der Waals surface area contributed by atoms with Gasteiger partial charge in [-0.3, -0.25) is 4.72 Å². The van der Waals surface area contributed by atoms with E-state index in [0.29, 0.717) is 17.0 Å². The van der Waals surface area contributed by atoms with Crippen molar-refractivity contribution in [2.24, 2.45) is 0 Å². The SMILES string of the molecule is COc1ncc(C#N)cc1S(=O)(=O)Nc1ccc(F)c(-c2ccc3c(-c4nc5c([nH]4)CCCC5)ncn3c2)c1F. The van der Waals surface area contributed by atoms with Gasteiger partial charge in [-0.15, -0.1) is 0 Å². The maximum atomic E-state index is 15.7. The number of H-pyrrole nitrogens is 1. The van der Waals surface area contributed by atoms with E-state index in [4.69, 9.17) is 15.0 Å². The Morgan fingerprint density at radius 3 is 2.75 bits per heavy atom. The second-order valence-corrected chi connectivity index (χ2v) is 10.9. The van der Waals surface area contributed by atoms with Crippen LogP contribution in [0.3, 0.4) is 0 Å². The molecule has 0 atom stereocenters. The number of nitrogens with one attached hydrogen (secondary N) is 2. The molecule has 0 spiro atoms. The number of pyridine rings is 2. The lowest BCUT2D eigenvalue weighted by Gasteiger charge is -2.14. The van der Waals surface area contributed by atoms with E-state index >= 15 is 4.39 Å². The normalized spacial score (nSPS) is 13.2. The number of methoxy groups -OCH3 is 1. The van der Waals surface area contributed by atoms with Crippen LogP contribution in [0.5, 0.6) is 5.88 Å². The van der Waals surface area contributed by atoms with Gasteiger partial charge < -0.3 is 14.1 Å². The lowest BCUT2D eigenvalue weighted by molar-refractivity contribution is 0.385. The topological polar surface area (TPSA) is 138 Å². The number of hydrogen-bond acceptors (Lipinski definition) is 7. The van der Waals surface area contributed by atoms with Crippen LogP contribution in [0.4, 0.5) is 14.5 Å². The van der Waals surface area contributed by atoms with Crippen LogP contribution in [0.1, 0.15) is 29.8 Å². The molecule has 0 aliphatic heterocycles. The molecule has 0 amide bonds. The molecule has 0 saturated heterocycles. The third-order valence-electron chi connectivity index (χ3n) is 6.76. The van der Waals surface area contributed by atoms with Gasteiger partial charge in [0.15, 0.2) is 16.5 Å². The van der Waals surface area contributed by atoms with Crippen LogP contribution in [0.2, 0.25) is 0 Å². The average molecular weight is 562 g/mol. The van der Waals surface area contributed by atoms with Crippen molar-refractivity contribution in [2.45, 2.75) is 30.6 Å². The Balaban J connectivity index is 1.37. The van der Waals surface area contributed by atoms with Crippen LogP contribution in [0.15, 0.2) is 53.9 Å². The molecule has 1 aliphatic rings. The molecule has 4 aromatic heterocycles. The number of rotatable bonds is 6. The summed E-state index contributed by atoms with van der Waals surface area (Å²) in [7, 11) is -3.25. The Morgan fingerprint density at radius 1 is 1.15 bits per heavy atom. The van der Waals surface area contributed by atoms with Crippen molar-refractivity contribution >= 4 is 21.2 Å². The molecule has 0 saturated carbocycles. The minimum Gasteiger partial charge on any atom is -0.480 e. The van der Waals surface area contributed by atoms with Crippen molar-refractivity contribution in [3.63, 3.8) is 0 Å². The summed E-state index contributed by atoms with van der Waals surface area (Å²) in [5.74, 6) is -1.65. The first-order valence-corrected chi connectivity index (χ1v) is 13.8. The first kappa shape index (κ1) is 25.4. The summed E-state index contributed by atoms with van der Waals surface area (Å²) in [4.78, 5) is 15.9. The minimum atomic E-state index is -4.46. The van der Waals surface area contributed by atoms with E-state index in [9.17, 15) is 12.8 Å². The van der Waals surface area contributed by atoms with Gasteiger partial charge in [-0.25, -0.2) is 32.2 Å². The summed E-state index contributed by atoms with van der Waals surface area (Å²) < 4.78 is 65.6. The number of nitriles is 1. The van der Waals surface area contributed by atoms with Crippen molar-refractivity contribution < 1.29 is 21.9 Å². The van der Waals surface area contributed by atoms with Gasteiger partial charge >= 0.3 is 0 Å². The van der Waals surface area contributed by atoms with Gasteiger partial charge in [0.05, 0.1) is 35.1 Å². The van der Waals surface area contributed by atoms with E-state index in [1.807, 2.05) is 0 Å². The van der Waals surface area contributed by atoms with Gasteiger partial charge in [-0.05, 0) is 49.9 Å². The van der Waals surface area contributed by atoms with Crippen molar-refractivity contribution in [3.8, 4) is 34.6 Å². The van der Waals surface area contributed by atoms with Crippen LogP contribution in [0, 0.1) is 23.0 Å². The summed E-state index contributed by atoms with van der Waals surface area (Å²) in [6.07, 6.45) is 8.22. The fraction of sp³-hybridized carbons (Fsp3) is 0.185. The van der Waals surface area contributed by atoms with Crippen LogP contribution in [0.25, 0.3) is 28.2 Å². The number of sulfonamides is 1. The molecule has 1 aliphatic carbocycles. The first-order valence-electron chi connectivity index (χ1n) is 12.3. The molecule has 6 rings (SSSR count). The van der Waals surface area contributed by atoms with Crippen molar-refractivity contribution in [1.29, 1.82) is 5.26 Å². The number of fused-ring (bicyclic) bond motifs is 2. The molecule has 4 heterocycles. The molecule has 13 heteroatoms. The van der Waals surface area contributed by atoms with Crippen molar-refractivity contribution in [3.05, 3.63) is 77.6 Å². The molecule has 2 N–H and O–H groups in total. The van der Waals surface area contributed by atoms with Gasteiger partial charge in [-0.1, -0.05) is 6.07 Å². The van der Waals surface area contributed by atoms with E-state index in [0.717, 1.165) is 61.5 Å². The number of halogens is 2. The Kier molecular flexibility index (Phi) is 6.19. The number of aryl methyl sites for hydroxylation is 2. The van der Waals surface area contributed by atoms with Crippen molar-refractivity contribution in [1.82, 2.24) is 24.3 Å². The maximum Gasteiger partial charge on any atom is 0.267 e. The molecule has 0 bridgehead atoms. The fourth-order valence-electron chi connectivity index (χ4n) is 4.83. The van der Waals surface area contributed by atoms with Gasteiger partial charge in [0.1, 0.15) is 23.9 Å². The van der Waals surface area contributed by atoms with Crippen LogP contribution in [-0.2, 0) is 22.9 Å². The van der Waals surface area contributed by atoms with E-state index in [1.165, 1.54) is 25.7 Å². The molecule has 202 valence electrons. The highest BCUT2D eigenvalue weighted by molar-refractivity contribution is 7.92. The summed E-state index contributed by atoms with van der Waals surface area (Å²) in [6, 6.07) is 8.01. The van der Waals surface area contributed by atoms with E-state index in [2.05, 4.69) is 19.7 Å². The quantitative estimate of drug-likeness (QED) is 0.308. The predicted octanol–water partition coefficient (Wildman–Crippen LogP) is 4.62. The number of anilines is 1. The van der Waals surface area contributed by atoms with E-state index in [1.54, 1.807) is 16.5 Å². The average Bonchev–Trinajstić information content (AvgIpc) is 3.58. The number of imidazole rings is 2. The highest BCUT2D eigenvalue weighted by Gasteiger charge is 2.26. The highest BCUT2D eigenvalue weighted by atomic mass is 32.2. The number of aromatic amines is 1. The van der Waals surface area contributed by atoms with E-state index in [-0.39, 0.29) is 17.0 Å². The largest absolute Gasteiger partial charge is 0.480 e. The molecule has 0 fully saturated rings. The van der Waals surface area contributed by atoms with E-state index < -0.39 is 37.8 Å². The zero-order valence-corrected chi connectivity index (χ0v) is 21.9. The van der Waals surface area contributed by atoms with Crippen LogP contribution in [-0.4, -0.2) is 39.9 Å². The molecular formula is C27H21F2N7O3S. The zero-order chi connectivity index (χ0) is 28.0. The lowest BCUT2D eigenvalue weighted by atomic mass is 10.0. The van der Waals surface area contributed by atoms with Crippen LogP contribution < -0.4 is 9.46 Å². The Labute approximate surface area is 227 Å². The maximum absolute atomic E-state index is 15.7. The first-order chi connectivity index (χ1) is 19.3. The molecule has 1 aromatic carbocycles. The number of hydrogen-bond donors (Lipinski definition) is 2. The molecule has 0 radical (unpaired) electrons. The summed E-state index contributed by atoms with van der Waals surface area (Å²) in [6.45, 7) is 0. The fourth-order valence-corrected chi connectivity index (χ4v) is 6.04. The smallest absolute Gasteiger partial charge is 0.267 e.